The summed E-state index contributed by atoms with van der Waals surface area (Å²) in [6.45, 7) is 9.63. The maximum absolute atomic E-state index is 16.7. The number of pyridine rings is 1. The molecule has 0 radical (unpaired) electrons. The van der Waals surface area contributed by atoms with Crippen LogP contribution in [0.15, 0.2) is 36.5 Å². The van der Waals surface area contributed by atoms with Crippen LogP contribution in [-0.4, -0.2) is 138 Å². The Morgan fingerprint density at radius 1 is 0.845 bits per heavy atom. The molecular weight excluding hydrogens is 926 g/mol. The van der Waals surface area contributed by atoms with Crippen LogP contribution in [0.2, 0.25) is 0 Å². The monoisotopic (exact) mass is 983 g/mol. The predicted octanol–water partition coefficient (Wildman–Crippen LogP) is 5.75. The first kappa shape index (κ1) is 46.3. The van der Waals surface area contributed by atoms with Gasteiger partial charge in [0, 0.05) is 112 Å². The number of carbonyl (C=O) groups excluding carboxylic acids is 3. The van der Waals surface area contributed by atoms with E-state index in [0.717, 1.165) is 108 Å². The summed E-state index contributed by atoms with van der Waals surface area (Å²) in [5.74, 6) is -2.51. The number of alkyl halides is 3. The molecule has 20 heteroatoms. The summed E-state index contributed by atoms with van der Waals surface area (Å²) in [4.78, 5) is 62.0. The normalized spacial score (nSPS) is 25.5. The highest BCUT2D eigenvalue weighted by atomic mass is 19.4. The fourth-order valence-electron chi connectivity index (χ4n) is 13.0. The zero-order valence-corrected chi connectivity index (χ0v) is 39.5. The lowest BCUT2D eigenvalue weighted by atomic mass is 9.57. The number of aromatic nitrogens is 3. The molecule has 8 aliphatic rings. The number of likely N-dealkylation sites (tertiary alicyclic amines) is 1. The van der Waals surface area contributed by atoms with Crippen molar-refractivity contribution in [2.45, 2.75) is 95.1 Å². The number of fused-ring (bicyclic) bond motifs is 4. The summed E-state index contributed by atoms with van der Waals surface area (Å²) < 4.78 is 80.4. The number of piperidine rings is 2. The summed E-state index contributed by atoms with van der Waals surface area (Å²) >= 11 is 0. The van der Waals surface area contributed by atoms with Gasteiger partial charge < -0.3 is 35.4 Å². The third-order valence-electron chi connectivity index (χ3n) is 17.0. The van der Waals surface area contributed by atoms with E-state index >= 15 is 4.39 Å². The first-order valence-corrected chi connectivity index (χ1v) is 25.2. The van der Waals surface area contributed by atoms with Gasteiger partial charge in [-0.1, -0.05) is 0 Å². The molecule has 7 fully saturated rings. The maximum Gasteiger partial charge on any atom is 0.419 e. The van der Waals surface area contributed by atoms with Crippen LogP contribution in [0.1, 0.15) is 85.7 Å². The number of nitrogens with zero attached hydrogens (tertiary/aromatic N) is 8. The molecule has 2 aliphatic carbocycles. The summed E-state index contributed by atoms with van der Waals surface area (Å²) in [5.41, 5.74) is 4.98. The Bertz CT molecular complexity index is 2790. The summed E-state index contributed by atoms with van der Waals surface area (Å²) in [6, 6.07) is 7.17. The highest BCUT2D eigenvalue weighted by Crippen LogP contribution is 2.54. The van der Waals surface area contributed by atoms with E-state index in [1.807, 2.05) is 17.0 Å². The Hall–Kier alpha value is -5.73. The van der Waals surface area contributed by atoms with Gasteiger partial charge in [-0.2, -0.15) is 23.1 Å². The average Bonchev–Trinajstić information content (AvgIpc) is 3.90. The van der Waals surface area contributed by atoms with E-state index < -0.39 is 46.6 Å². The second-order valence-corrected chi connectivity index (χ2v) is 21.8. The lowest BCUT2D eigenvalue weighted by molar-refractivity contribution is -0.139. The third kappa shape index (κ3) is 8.80. The highest BCUT2D eigenvalue weighted by Gasteiger charge is 2.50. The van der Waals surface area contributed by atoms with E-state index in [-0.39, 0.29) is 58.3 Å². The van der Waals surface area contributed by atoms with E-state index in [1.54, 1.807) is 4.90 Å². The van der Waals surface area contributed by atoms with Crippen molar-refractivity contribution >= 4 is 45.8 Å². The van der Waals surface area contributed by atoms with Crippen molar-refractivity contribution < 1.29 is 41.1 Å². The number of nitrogens with two attached hydrogens (primary N) is 1. The van der Waals surface area contributed by atoms with Crippen molar-refractivity contribution in [2.24, 2.45) is 16.7 Å². The number of piperazine rings is 2. The molecule has 4 aromatic rings. The zero-order chi connectivity index (χ0) is 49.0. The Morgan fingerprint density at radius 2 is 1.59 bits per heavy atom. The van der Waals surface area contributed by atoms with Gasteiger partial charge in [-0.15, -0.1) is 0 Å². The van der Waals surface area contributed by atoms with E-state index in [4.69, 9.17) is 15.5 Å². The Labute approximate surface area is 407 Å². The molecule has 6 aliphatic heterocycles. The topological polar surface area (TPSA) is 165 Å². The lowest BCUT2D eigenvalue weighted by Gasteiger charge is -2.54. The van der Waals surface area contributed by atoms with Gasteiger partial charge in [-0.25, -0.2) is 8.78 Å². The number of nitrogens with one attached hydrogen (secondary N) is 2. The molecule has 71 heavy (non-hydrogen) atoms. The largest absolute Gasteiger partial charge is 0.463 e. The van der Waals surface area contributed by atoms with Crippen molar-refractivity contribution in [2.75, 3.05) is 87.6 Å². The summed E-state index contributed by atoms with van der Waals surface area (Å²) in [6.07, 6.45) is 5.39. The SMILES string of the molecule is Nc1cc(F)c(C(F)(F)F)c(-c2ncc3c(N4CC5CCC(C4)N5)nc(OCC4(CN5CCC6(CC5)CC(CN5CCN(c7ccc8c(c7)CN([C@H]7CCC(=O)NC7=O)C8=O)CC5)C6)CC4)nc3c2F)c1. The molecule has 2 aromatic heterocycles. The molecule has 3 atom stereocenters. The molecule has 1 spiro atoms. The molecule has 8 heterocycles. The van der Waals surface area contributed by atoms with Gasteiger partial charge in [0.15, 0.2) is 5.82 Å². The number of carbonyl (C=O) groups is 3. The van der Waals surface area contributed by atoms with Crippen LogP contribution >= 0.6 is 0 Å². The second kappa shape index (κ2) is 17.5. The molecule has 2 bridgehead atoms. The van der Waals surface area contributed by atoms with Gasteiger partial charge in [0.2, 0.25) is 11.8 Å². The molecule has 2 saturated carbocycles. The van der Waals surface area contributed by atoms with Gasteiger partial charge in [-0.05, 0) is 118 Å². The summed E-state index contributed by atoms with van der Waals surface area (Å²) in [5, 5.41) is 6.19. The van der Waals surface area contributed by atoms with Gasteiger partial charge in [0.05, 0.1) is 12.0 Å². The minimum absolute atomic E-state index is 0.0592. The molecule has 2 aromatic carbocycles. The number of ether oxygens (including phenoxy) is 1. The number of nitrogen functional groups attached to an aromatic ring is 1. The van der Waals surface area contributed by atoms with Gasteiger partial charge in [0.25, 0.3) is 5.91 Å². The molecule has 4 N–H and O–H groups in total. The van der Waals surface area contributed by atoms with Crippen LogP contribution in [0.5, 0.6) is 6.01 Å². The van der Waals surface area contributed by atoms with Crippen LogP contribution in [-0.2, 0) is 22.3 Å². The number of anilines is 3. The fourth-order valence-corrected chi connectivity index (χ4v) is 13.0. The number of rotatable bonds is 11. The zero-order valence-electron chi connectivity index (χ0n) is 39.5. The average molecular weight is 984 g/mol. The smallest absolute Gasteiger partial charge is 0.419 e. The standard InChI is InChI=1S/C51H58F5N11O4/c52-38-19-31(57)18-36(41(38)51(54,55)56)43-42(53)44-37(22-58-43)45(66-25-32-1-2-33(26-66)59-32)62-48(61-44)71-28-50(7-8-50)27-64-11-9-49(10-12-64)20-29(21-49)23-63-13-15-65(16-14-63)34-3-4-35-30(17-34)24-67(47(35)70)39-5-6-40(68)60-46(39)69/h3-4,17-19,22,29,32-33,39,59H,1-2,5-16,20-21,23-28,57H2,(H,60,68,69)/t32?,33?,39-/m0/s1. The first-order valence-electron chi connectivity index (χ1n) is 25.2. The maximum atomic E-state index is 16.7. The van der Waals surface area contributed by atoms with E-state index in [9.17, 15) is 31.9 Å². The van der Waals surface area contributed by atoms with Gasteiger partial charge in [0.1, 0.15) is 34.5 Å². The fraction of sp³-hybridized carbons (Fsp3) is 0.569. The quantitative estimate of drug-likeness (QED) is 0.0948. The number of halogens is 5. The van der Waals surface area contributed by atoms with Crippen molar-refractivity contribution in [3.05, 3.63) is 64.9 Å². The van der Waals surface area contributed by atoms with E-state index in [1.165, 1.54) is 19.0 Å². The Kier molecular flexibility index (Phi) is 11.4. The van der Waals surface area contributed by atoms with Gasteiger partial charge in [-0.3, -0.25) is 29.6 Å². The van der Waals surface area contributed by atoms with E-state index in [2.05, 4.69) is 41.4 Å². The summed E-state index contributed by atoms with van der Waals surface area (Å²) in [7, 11) is 0. The van der Waals surface area contributed by atoms with Crippen molar-refractivity contribution in [1.29, 1.82) is 0 Å². The molecule has 5 saturated heterocycles. The molecule has 2 unspecified atom stereocenters. The minimum Gasteiger partial charge on any atom is -0.463 e. The molecule has 3 amide bonds. The van der Waals surface area contributed by atoms with Crippen LogP contribution < -0.4 is 30.9 Å². The van der Waals surface area contributed by atoms with Crippen LogP contribution in [0.25, 0.3) is 22.2 Å². The Morgan fingerprint density at radius 3 is 2.30 bits per heavy atom. The highest BCUT2D eigenvalue weighted by molar-refractivity contribution is 6.05. The predicted molar refractivity (Wildman–Crippen MR) is 253 cm³/mol. The number of imide groups is 1. The number of benzene rings is 2. The number of amides is 3. The van der Waals surface area contributed by atoms with Gasteiger partial charge >= 0.3 is 12.2 Å². The van der Waals surface area contributed by atoms with Crippen molar-refractivity contribution in [1.82, 2.24) is 40.3 Å². The van der Waals surface area contributed by atoms with Crippen molar-refractivity contribution in [3.63, 3.8) is 0 Å². The number of hydrogen-bond donors (Lipinski definition) is 3. The minimum atomic E-state index is -5.14. The van der Waals surface area contributed by atoms with Crippen molar-refractivity contribution in [3.8, 4) is 17.3 Å². The second-order valence-electron chi connectivity index (χ2n) is 21.8. The molecule has 12 rings (SSSR count). The lowest BCUT2D eigenvalue weighted by Crippen LogP contribution is -2.53. The van der Waals surface area contributed by atoms with Crippen LogP contribution in [0.3, 0.4) is 0 Å². The molecule has 15 nitrogen and oxygen atoms in total. The number of hydrogen-bond acceptors (Lipinski definition) is 13. The van der Waals surface area contributed by atoms with Crippen LogP contribution in [0, 0.1) is 28.4 Å². The van der Waals surface area contributed by atoms with E-state index in [0.29, 0.717) is 61.4 Å². The Balaban J connectivity index is 0.649. The molecular formula is C51H58F5N11O4. The van der Waals surface area contributed by atoms with Crippen LogP contribution in [0.4, 0.5) is 39.1 Å². The molecule has 376 valence electrons. The first-order chi connectivity index (χ1) is 34.1. The third-order valence-corrected chi connectivity index (χ3v) is 17.0.